The van der Waals surface area contributed by atoms with Gasteiger partial charge in [0.1, 0.15) is 25.4 Å². The lowest BCUT2D eigenvalue weighted by Crippen LogP contribution is -3.14. The molecule has 0 aliphatic carbocycles. The molecule has 21 heavy (non-hydrogen) atoms. The summed E-state index contributed by atoms with van der Waals surface area (Å²) < 4.78 is 11.0. The van der Waals surface area contributed by atoms with Crippen LogP contribution in [0.4, 0.5) is 0 Å². The molecule has 3 N–H and O–H groups in total. The number of halogens is 1. The van der Waals surface area contributed by atoms with Crippen molar-refractivity contribution in [2.24, 2.45) is 0 Å². The van der Waals surface area contributed by atoms with Gasteiger partial charge in [-0.15, -0.1) is 0 Å². The zero-order valence-electron chi connectivity index (χ0n) is 12.9. The molecule has 1 heterocycles. The minimum atomic E-state index is 0.690. The van der Waals surface area contributed by atoms with E-state index < -0.39 is 0 Å². The first-order chi connectivity index (χ1) is 10.3. The lowest BCUT2D eigenvalue weighted by molar-refractivity contribution is -0.909. The predicted molar refractivity (Wildman–Crippen MR) is 84.1 cm³/mol. The normalized spacial score (nSPS) is 16.1. The Morgan fingerprint density at radius 1 is 1.33 bits per heavy atom. The maximum Gasteiger partial charge on any atom is 0.128 e. The molecule has 4 nitrogen and oxygen atoms in total. The van der Waals surface area contributed by atoms with Crippen molar-refractivity contribution in [1.29, 1.82) is 0 Å². The van der Waals surface area contributed by atoms with Gasteiger partial charge in [0.25, 0.3) is 0 Å². The molecule has 2 rings (SSSR count). The van der Waals surface area contributed by atoms with Crippen molar-refractivity contribution in [1.82, 2.24) is 0 Å². The molecule has 1 aliphatic heterocycles. The predicted octanol–water partition coefficient (Wildman–Crippen LogP) is 0.107. The van der Waals surface area contributed by atoms with Crippen LogP contribution in [0.1, 0.15) is 18.9 Å². The Morgan fingerprint density at radius 3 is 2.90 bits per heavy atom. The fourth-order valence-electron chi connectivity index (χ4n) is 2.67. The first kappa shape index (κ1) is 16.6. The SMILES string of the molecule is CCOc1ccc(Cl)cc1C[NH2+]CCC[NH+]1CCOCC1. The van der Waals surface area contributed by atoms with Gasteiger partial charge >= 0.3 is 0 Å². The van der Waals surface area contributed by atoms with Gasteiger partial charge in [-0.05, 0) is 25.1 Å². The minimum Gasteiger partial charge on any atom is -0.493 e. The maximum absolute atomic E-state index is 6.07. The zero-order chi connectivity index (χ0) is 14.9. The van der Waals surface area contributed by atoms with Crippen LogP contribution in [-0.4, -0.2) is 46.0 Å². The number of rotatable bonds is 8. The van der Waals surface area contributed by atoms with E-state index in [1.54, 1.807) is 4.90 Å². The van der Waals surface area contributed by atoms with E-state index in [0.717, 1.165) is 50.2 Å². The van der Waals surface area contributed by atoms with Gasteiger partial charge in [0.15, 0.2) is 0 Å². The average Bonchev–Trinajstić information content (AvgIpc) is 2.51. The van der Waals surface area contributed by atoms with Crippen LogP contribution in [-0.2, 0) is 11.3 Å². The van der Waals surface area contributed by atoms with Crippen LogP contribution in [0.3, 0.4) is 0 Å². The topological polar surface area (TPSA) is 39.5 Å². The summed E-state index contributed by atoms with van der Waals surface area (Å²) in [6.45, 7) is 10.1. The summed E-state index contributed by atoms with van der Waals surface area (Å²) in [4.78, 5) is 1.67. The van der Waals surface area contributed by atoms with Gasteiger partial charge in [-0.1, -0.05) is 11.6 Å². The third-order valence-electron chi connectivity index (χ3n) is 3.83. The molecule has 5 heteroatoms. The van der Waals surface area contributed by atoms with Crippen molar-refractivity contribution >= 4 is 11.6 Å². The third-order valence-corrected chi connectivity index (χ3v) is 4.06. The number of ether oxygens (including phenoxy) is 2. The van der Waals surface area contributed by atoms with Crippen molar-refractivity contribution < 1.29 is 19.7 Å². The third kappa shape index (κ3) is 5.83. The molecule has 0 radical (unpaired) electrons. The second-order valence-corrected chi connectivity index (χ2v) is 5.87. The van der Waals surface area contributed by atoms with Gasteiger partial charge < -0.3 is 19.7 Å². The maximum atomic E-state index is 6.07. The number of nitrogens with one attached hydrogen (secondary N) is 1. The summed E-state index contributed by atoms with van der Waals surface area (Å²) in [6, 6.07) is 5.86. The Morgan fingerprint density at radius 2 is 2.14 bits per heavy atom. The van der Waals surface area contributed by atoms with E-state index in [0.29, 0.717) is 6.61 Å². The van der Waals surface area contributed by atoms with Gasteiger partial charge in [0.2, 0.25) is 0 Å². The lowest BCUT2D eigenvalue weighted by Gasteiger charge is -2.23. The summed E-state index contributed by atoms with van der Waals surface area (Å²) in [5.74, 6) is 0.956. The molecule has 0 unspecified atom stereocenters. The summed E-state index contributed by atoms with van der Waals surface area (Å²) in [5.41, 5.74) is 1.18. The lowest BCUT2D eigenvalue weighted by atomic mass is 10.2. The highest BCUT2D eigenvalue weighted by atomic mass is 35.5. The number of nitrogens with two attached hydrogens (primary N) is 1. The molecule has 0 atom stereocenters. The second kappa shape index (κ2) is 9.26. The Hall–Kier alpha value is -0.810. The van der Waals surface area contributed by atoms with Crippen LogP contribution in [0.5, 0.6) is 5.75 Å². The number of hydrogen-bond acceptors (Lipinski definition) is 2. The number of quaternary nitrogens is 2. The van der Waals surface area contributed by atoms with Crippen molar-refractivity contribution in [3.05, 3.63) is 28.8 Å². The van der Waals surface area contributed by atoms with E-state index >= 15 is 0 Å². The summed E-state index contributed by atoms with van der Waals surface area (Å²) in [6.07, 6.45) is 1.24. The van der Waals surface area contributed by atoms with Crippen LogP contribution in [0.25, 0.3) is 0 Å². The molecular weight excluding hydrogens is 288 g/mol. The van der Waals surface area contributed by atoms with Crippen LogP contribution >= 0.6 is 11.6 Å². The van der Waals surface area contributed by atoms with Crippen LogP contribution < -0.4 is 15.0 Å². The molecule has 0 aromatic heterocycles. The second-order valence-electron chi connectivity index (χ2n) is 5.43. The highest BCUT2D eigenvalue weighted by Crippen LogP contribution is 2.21. The fraction of sp³-hybridized carbons (Fsp3) is 0.625. The zero-order valence-corrected chi connectivity index (χ0v) is 13.6. The average molecular weight is 315 g/mol. The number of benzene rings is 1. The van der Waals surface area contributed by atoms with Crippen molar-refractivity contribution in [3.63, 3.8) is 0 Å². The summed E-state index contributed by atoms with van der Waals surface area (Å²) in [5, 5.41) is 3.12. The quantitative estimate of drug-likeness (QED) is 0.669. The Labute approximate surface area is 132 Å². The molecule has 118 valence electrons. The van der Waals surface area contributed by atoms with Gasteiger partial charge in [-0.25, -0.2) is 0 Å². The van der Waals surface area contributed by atoms with E-state index in [4.69, 9.17) is 21.1 Å². The van der Waals surface area contributed by atoms with Gasteiger partial charge in [0.05, 0.1) is 32.9 Å². The summed E-state index contributed by atoms with van der Waals surface area (Å²) >= 11 is 6.07. The van der Waals surface area contributed by atoms with E-state index in [1.807, 2.05) is 25.1 Å². The van der Waals surface area contributed by atoms with E-state index in [9.17, 15) is 0 Å². The van der Waals surface area contributed by atoms with Gasteiger partial charge in [-0.3, -0.25) is 0 Å². The standard InChI is InChI=1S/C16H25ClN2O2/c1-2-21-16-5-4-15(17)12-14(16)13-18-6-3-7-19-8-10-20-11-9-19/h4-5,12,18H,2-3,6-11,13H2,1H3/p+2. The van der Waals surface area contributed by atoms with Crippen LogP contribution in [0.15, 0.2) is 18.2 Å². The smallest absolute Gasteiger partial charge is 0.128 e. The molecule has 0 spiro atoms. The Balaban J connectivity index is 1.69. The highest BCUT2D eigenvalue weighted by Gasteiger charge is 2.13. The molecule has 0 amide bonds. The monoisotopic (exact) mass is 314 g/mol. The number of morpholine rings is 1. The molecule has 0 bridgehead atoms. The molecule has 1 saturated heterocycles. The summed E-state index contributed by atoms with van der Waals surface area (Å²) in [7, 11) is 0. The van der Waals surface area contributed by atoms with Gasteiger partial charge in [0, 0.05) is 17.0 Å². The highest BCUT2D eigenvalue weighted by molar-refractivity contribution is 6.30. The first-order valence-corrected chi connectivity index (χ1v) is 8.31. The number of hydrogen-bond donors (Lipinski definition) is 2. The Kier molecular flexibility index (Phi) is 7.30. The fourth-order valence-corrected chi connectivity index (χ4v) is 2.86. The van der Waals surface area contributed by atoms with E-state index in [1.165, 1.54) is 18.5 Å². The molecular formula is C16H27ClN2O2+2. The van der Waals surface area contributed by atoms with Crippen LogP contribution in [0.2, 0.25) is 5.02 Å². The molecule has 1 aliphatic rings. The molecule has 1 fully saturated rings. The molecule has 1 aromatic rings. The first-order valence-electron chi connectivity index (χ1n) is 7.93. The van der Waals surface area contributed by atoms with Gasteiger partial charge in [-0.2, -0.15) is 0 Å². The van der Waals surface area contributed by atoms with Crippen molar-refractivity contribution in [2.45, 2.75) is 19.9 Å². The Bertz CT molecular complexity index is 423. The van der Waals surface area contributed by atoms with Crippen LogP contribution in [0, 0.1) is 0 Å². The van der Waals surface area contributed by atoms with E-state index in [-0.39, 0.29) is 0 Å². The van der Waals surface area contributed by atoms with Crippen molar-refractivity contribution in [2.75, 3.05) is 46.0 Å². The minimum absolute atomic E-state index is 0.690. The van der Waals surface area contributed by atoms with Crippen molar-refractivity contribution in [3.8, 4) is 5.75 Å². The molecule has 0 saturated carbocycles. The largest absolute Gasteiger partial charge is 0.493 e. The molecule has 1 aromatic carbocycles. The van der Waals surface area contributed by atoms with E-state index in [2.05, 4.69) is 5.32 Å².